The van der Waals surface area contributed by atoms with Crippen molar-refractivity contribution in [2.45, 2.75) is 32.6 Å². The fraction of sp³-hybridized carbons (Fsp3) is 0.196. The summed E-state index contributed by atoms with van der Waals surface area (Å²) in [5.74, 6) is 1.92. The van der Waals surface area contributed by atoms with Gasteiger partial charge < -0.3 is 42.8 Å². The first-order valence-electron chi connectivity index (χ1n) is 22.2. The molecule has 0 bridgehead atoms. The highest BCUT2D eigenvalue weighted by Crippen LogP contribution is 2.34. The minimum absolute atomic E-state index is 0.00794. The standard InChI is InChI=1S/C56H54F3N3O9/c1-7-21-64-47-25-40(26-48(32-47)65-22-8-2)36-69-51-29-42(30-52(34-51)70-37-41-27-49(66-23-9-3)33-50(28-41)67-24-10-4)38-71-54-31-39(35-68-46-18-12-43(13-19-46)55(63)56(57,58)59)11-20-53(54)61-60-44-14-16-45(17-15-44)62(5)6/h7-20,25-34H,1-4,21-24,35-38H2,5-6H3. The van der Waals surface area contributed by atoms with Crippen molar-refractivity contribution in [3.63, 3.8) is 0 Å². The van der Waals surface area contributed by atoms with Crippen LogP contribution in [0, 0.1) is 0 Å². The summed E-state index contributed by atoms with van der Waals surface area (Å²) in [4.78, 5) is 13.7. The lowest BCUT2D eigenvalue weighted by Crippen LogP contribution is -2.22. The van der Waals surface area contributed by atoms with Crippen LogP contribution in [-0.4, -0.2) is 52.5 Å². The van der Waals surface area contributed by atoms with Crippen molar-refractivity contribution in [3.8, 4) is 46.0 Å². The highest BCUT2D eigenvalue weighted by atomic mass is 19.4. The molecule has 71 heavy (non-hydrogen) atoms. The maximum Gasteiger partial charge on any atom is 0.454 e. The second-order valence-corrected chi connectivity index (χ2v) is 15.8. The summed E-state index contributed by atoms with van der Waals surface area (Å²) in [6, 6.07) is 34.0. The normalized spacial score (nSPS) is 11.0. The van der Waals surface area contributed by atoms with Gasteiger partial charge in [0.05, 0.1) is 5.69 Å². The van der Waals surface area contributed by atoms with Crippen LogP contribution >= 0.6 is 0 Å². The van der Waals surface area contributed by atoms with Gasteiger partial charge in [0.25, 0.3) is 5.78 Å². The molecule has 0 amide bonds. The van der Waals surface area contributed by atoms with E-state index in [-0.39, 0.29) is 32.2 Å². The Kier molecular flexibility index (Phi) is 18.9. The first kappa shape index (κ1) is 51.9. The third kappa shape index (κ3) is 16.3. The molecule has 12 nitrogen and oxygen atoms in total. The topological polar surface area (TPSA) is 119 Å². The largest absolute Gasteiger partial charge is 0.489 e. The van der Waals surface area contributed by atoms with E-state index in [1.54, 1.807) is 60.7 Å². The molecule has 0 atom stereocenters. The van der Waals surface area contributed by atoms with Crippen LogP contribution in [0.2, 0.25) is 0 Å². The summed E-state index contributed by atoms with van der Waals surface area (Å²) in [6.45, 7) is 16.5. The Balaban J connectivity index is 1.30. The van der Waals surface area contributed by atoms with Crippen molar-refractivity contribution in [1.82, 2.24) is 0 Å². The van der Waals surface area contributed by atoms with Gasteiger partial charge in [-0.05, 0) is 119 Å². The quantitative estimate of drug-likeness (QED) is 0.0267. The molecule has 6 aromatic carbocycles. The molecule has 0 aromatic heterocycles. The summed E-state index contributed by atoms with van der Waals surface area (Å²) in [5.41, 5.74) is 4.39. The summed E-state index contributed by atoms with van der Waals surface area (Å²) in [7, 11) is 3.89. The minimum atomic E-state index is -4.99. The Morgan fingerprint density at radius 3 is 1.31 bits per heavy atom. The third-order valence-corrected chi connectivity index (χ3v) is 9.94. The number of halogens is 3. The lowest BCUT2D eigenvalue weighted by molar-refractivity contribution is -0.0885. The van der Waals surface area contributed by atoms with Crippen molar-refractivity contribution >= 4 is 22.8 Å². The zero-order valence-corrected chi connectivity index (χ0v) is 39.5. The molecule has 0 unspecified atom stereocenters. The van der Waals surface area contributed by atoms with Crippen molar-refractivity contribution in [1.29, 1.82) is 0 Å². The van der Waals surface area contributed by atoms with Gasteiger partial charge in [0.15, 0.2) is 0 Å². The Hall–Kier alpha value is -8.46. The number of anilines is 1. The predicted octanol–water partition coefficient (Wildman–Crippen LogP) is 13.5. The number of hydrogen-bond donors (Lipinski definition) is 0. The summed E-state index contributed by atoms with van der Waals surface area (Å²) < 4.78 is 87.6. The number of hydrogen-bond acceptors (Lipinski definition) is 12. The van der Waals surface area contributed by atoms with E-state index in [1.165, 1.54) is 12.1 Å². The molecule has 6 rings (SSSR count). The Morgan fingerprint density at radius 1 is 0.479 bits per heavy atom. The van der Waals surface area contributed by atoms with E-state index in [4.69, 9.17) is 37.9 Å². The van der Waals surface area contributed by atoms with E-state index in [0.29, 0.717) is 89.2 Å². The van der Waals surface area contributed by atoms with E-state index in [1.807, 2.05) is 79.7 Å². The molecule has 0 fully saturated rings. The van der Waals surface area contributed by atoms with Gasteiger partial charge in [-0.1, -0.05) is 56.7 Å². The summed E-state index contributed by atoms with van der Waals surface area (Å²) in [6.07, 6.45) is 1.62. The van der Waals surface area contributed by atoms with Gasteiger partial charge in [0, 0.05) is 43.5 Å². The van der Waals surface area contributed by atoms with Crippen LogP contribution in [0.3, 0.4) is 0 Å². The minimum Gasteiger partial charge on any atom is -0.489 e. The number of ketones is 1. The van der Waals surface area contributed by atoms with E-state index in [0.717, 1.165) is 28.9 Å². The van der Waals surface area contributed by atoms with E-state index in [2.05, 4.69) is 36.5 Å². The number of rotatable bonds is 28. The molecular formula is C56H54F3N3O9. The Bertz CT molecular complexity index is 2640. The molecule has 0 saturated heterocycles. The van der Waals surface area contributed by atoms with Crippen molar-refractivity contribution < 1.29 is 55.9 Å². The zero-order valence-electron chi connectivity index (χ0n) is 39.5. The van der Waals surface area contributed by atoms with Gasteiger partial charge in [-0.15, -0.1) is 5.11 Å². The van der Waals surface area contributed by atoms with E-state index >= 15 is 0 Å². The highest BCUT2D eigenvalue weighted by molar-refractivity contribution is 6.00. The second-order valence-electron chi connectivity index (χ2n) is 15.8. The zero-order chi connectivity index (χ0) is 50.6. The van der Waals surface area contributed by atoms with Crippen LogP contribution in [0.4, 0.5) is 30.2 Å². The molecule has 0 spiro atoms. The maximum atomic E-state index is 13.0. The fourth-order valence-corrected chi connectivity index (χ4v) is 6.57. The first-order chi connectivity index (χ1) is 34.3. The van der Waals surface area contributed by atoms with Gasteiger partial charge in [0.1, 0.15) is 105 Å². The molecule has 0 aliphatic rings. The summed E-state index contributed by atoms with van der Waals surface area (Å²) >= 11 is 0. The predicted molar refractivity (Wildman–Crippen MR) is 268 cm³/mol. The lowest BCUT2D eigenvalue weighted by atomic mass is 10.1. The second kappa shape index (κ2) is 25.8. The number of carbonyl (C=O) groups excluding carboxylic acids is 1. The average molecular weight is 970 g/mol. The fourth-order valence-electron chi connectivity index (χ4n) is 6.57. The van der Waals surface area contributed by atoms with Gasteiger partial charge in [-0.25, -0.2) is 0 Å². The smallest absolute Gasteiger partial charge is 0.454 e. The van der Waals surface area contributed by atoms with Crippen LogP contribution < -0.4 is 42.8 Å². The Labute approximate surface area is 411 Å². The van der Waals surface area contributed by atoms with Crippen LogP contribution in [-0.2, 0) is 26.4 Å². The number of benzene rings is 6. The van der Waals surface area contributed by atoms with Gasteiger partial charge >= 0.3 is 6.18 Å². The SMILES string of the molecule is C=CCOc1cc(COc2cc(COc3cc(COc4ccc(C(=O)C(F)(F)F)cc4)ccc3N=Nc3ccc(N(C)C)cc3)cc(OCc3cc(OCC=C)cc(OCC=C)c3)c2)cc(OCC=C)c1. The molecule has 15 heteroatoms. The third-order valence-electron chi connectivity index (χ3n) is 9.94. The van der Waals surface area contributed by atoms with Crippen molar-refractivity contribution in [2.75, 3.05) is 45.4 Å². The molecular weight excluding hydrogens is 916 g/mol. The number of Topliss-reactive ketones (excluding diaryl/α,β-unsaturated/α-hetero) is 1. The van der Waals surface area contributed by atoms with Crippen LogP contribution in [0.15, 0.2) is 182 Å². The van der Waals surface area contributed by atoms with Crippen molar-refractivity contribution in [2.24, 2.45) is 10.2 Å². The van der Waals surface area contributed by atoms with Crippen LogP contribution in [0.5, 0.6) is 46.0 Å². The number of carbonyl (C=O) groups is 1. The van der Waals surface area contributed by atoms with E-state index < -0.39 is 17.5 Å². The van der Waals surface area contributed by atoms with Crippen LogP contribution in [0.25, 0.3) is 0 Å². The molecule has 368 valence electrons. The highest BCUT2D eigenvalue weighted by Gasteiger charge is 2.39. The van der Waals surface area contributed by atoms with Gasteiger partial charge in [-0.2, -0.15) is 18.3 Å². The molecule has 0 aliphatic heterocycles. The van der Waals surface area contributed by atoms with Gasteiger partial charge in [-0.3, -0.25) is 4.79 Å². The molecule has 6 aromatic rings. The van der Waals surface area contributed by atoms with Crippen molar-refractivity contribution in [3.05, 3.63) is 200 Å². The molecule has 0 N–H and O–H groups in total. The van der Waals surface area contributed by atoms with Gasteiger partial charge in [0.2, 0.25) is 0 Å². The van der Waals surface area contributed by atoms with E-state index in [9.17, 15) is 18.0 Å². The summed E-state index contributed by atoms with van der Waals surface area (Å²) in [5, 5.41) is 9.01. The average Bonchev–Trinajstić information content (AvgIpc) is 3.37. The monoisotopic (exact) mass is 969 g/mol. The first-order valence-corrected chi connectivity index (χ1v) is 22.2. The number of alkyl halides is 3. The van der Waals surface area contributed by atoms with Crippen LogP contribution in [0.1, 0.15) is 32.6 Å². The number of azo groups is 1. The Morgan fingerprint density at radius 2 is 0.887 bits per heavy atom. The molecule has 0 saturated carbocycles. The number of nitrogens with zero attached hydrogens (tertiary/aromatic N) is 3. The lowest BCUT2D eigenvalue weighted by Gasteiger charge is -2.16. The molecule has 0 aliphatic carbocycles. The molecule has 0 radical (unpaired) electrons. The maximum absolute atomic E-state index is 13.0. The number of ether oxygens (including phenoxy) is 8. The molecule has 0 heterocycles.